The number of aromatic nitrogens is 3. The van der Waals surface area contributed by atoms with Gasteiger partial charge in [-0.25, -0.2) is 14.8 Å². The number of carboxylic acids is 1. The zero-order chi connectivity index (χ0) is 12.4. The molecule has 0 aliphatic rings. The van der Waals surface area contributed by atoms with E-state index in [0.717, 1.165) is 17.0 Å². The molecule has 2 aromatic rings. The summed E-state index contributed by atoms with van der Waals surface area (Å²) in [6.45, 7) is 4.61. The lowest BCUT2D eigenvalue weighted by Crippen LogP contribution is -2.04. The summed E-state index contributed by atoms with van der Waals surface area (Å²) in [6.07, 6.45) is 3.36. The summed E-state index contributed by atoms with van der Waals surface area (Å²) < 4.78 is 2.01. The van der Waals surface area contributed by atoms with Crippen LogP contribution >= 0.6 is 0 Å². The van der Waals surface area contributed by atoms with Crippen LogP contribution in [0.3, 0.4) is 0 Å². The summed E-state index contributed by atoms with van der Waals surface area (Å²) in [6, 6.07) is 3.28. The summed E-state index contributed by atoms with van der Waals surface area (Å²) in [5.41, 5.74) is 3.12. The lowest BCUT2D eigenvalue weighted by Gasteiger charge is -2.05. The molecule has 17 heavy (non-hydrogen) atoms. The molecule has 0 aromatic carbocycles. The molecule has 5 nitrogen and oxygen atoms in total. The van der Waals surface area contributed by atoms with E-state index in [1.807, 2.05) is 18.4 Å². The van der Waals surface area contributed by atoms with Gasteiger partial charge in [-0.15, -0.1) is 0 Å². The largest absolute Gasteiger partial charge is 0.477 e. The van der Waals surface area contributed by atoms with Gasteiger partial charge in [0, 0.05) is 11.9 Å². The van der Waals surface area contributed by atoms with E-state index in [9.17, 15) is 4.79 Å². The van der Waals surface area contributed by atoms with Crippen molar-refractivity contribution in [3.05, 3.63) is 47.3 Å². The van der Waals surface area contributed by atoms with Crippen molar-refractivity contribution in [1.29, 1.82) is 0 Å². The fourth-order valence-electron chi connectivity index (χ4n) is 1.54. The van der Waals surface area contributed by atoms with E-state index in [0.29, 0.717) is 6.54 Å². The third kappa shape index (κ3) is 2.33. The molecule has 0 saturated heterocycles. The fourth-order valence-corrected chi connectivity index (χ4v) is 1.54. The Balaban J connectivity index is 2.19. The molecule has 0 fully saturated rings. The first-order valence-electron chi connectivity index (χ1n) is 5.24. The number of pyridine rings is 1. The van der Waals surface area contributed by atoms with Gasteiger partial charge in [0.05, 0.1) is 18.6 Å². The molecule has 2 rings (SSSR count). The standard InChI is InChI=1S/C12H13N3O2/c1-8-9(2)15(7-14-8)6-10-3-4-11(12(16)17)13-5-10/h3-5,7H,6H2,1-2H3,(H,16,17). The van der Waals surface area contributed by atoms with Crippen molar-refractivity contribution in [3.63, 3.8) is 0 Å². The lowest BCUT2D eigenvalue weighted by atomic mass is 10.2. The molecule has 2 heterocycles. The van der Waals surface area contributed by atoms with E-state index in [1.54, 1.807) is 18.6 Å². The molecule has 0 bridgehead atoms. The number of nitrogens with zero attached hydrogens (tertiary/aromatic N) is 3. The zero-order valence-corrected chi connectivity index (χ0v) is 9.71. The topological polar surface area (TPSA) is 68.0 Å². The zero-order valence-electron chi connectivity index (χ0n) is 9.71. The Labute approximate surface area is 98.8 Å². The normalized spacial score (nSPS) is 10.5. The summed E-state index contributed by atoms with van der Waals surface area (Å²) in [5, 5.41) is 8.74. The molecule has 0 unspecified atom stereocenters. The smallest absolute Gasteiger partial charge is 0.354 e. The molecule has 0 amide bonds. The molecule has 2 aromatic heterocycles. The van der Waals surface area contributed by atoms with Crippen LogP contribution in [0.4, 0.5) is 0 Å². The van der Waals surface area contributed by atoms with E-state index in [-0.39, 0.29) is 5.69 Å². The minimum absolute atomic E-state index is 0.0623. The molecule has 1 N–H and O–H groups in total. The second-order valence-corrected chi connectivity index (χ2v) is 3.90. The number of hydrogen-bond acceptors (Lipinski definition) is 3. The molecule has 88 valence electrons. The van der Waals surface area contributed by atoms with Gasteiger partial charge in [-0.05, 0) is 25.5 Å². The van der Waals surface area contributed by atoms with Gasteiger partial charge in [-0.3, -0.25) is 0 Å². The van der Waals surface area contributed by atoms with Crippen LogP contribution < -0.4 is 0 Å². The SMILES string of the molecule is Cc1ncn(Cc2ccc(C(=O)O)nc2)c1C. The fraction of sp³-hybridized carbons (Fsp3) is 0.250. The van der Waals surface area contributed by atoms with Gasteiger partial charge in [0.2, 0.25) is 0 Å². The number of rotatable bonds is 3. The third-order valence-corrected chi connectivity index (χ3v) is 2.74. The maximum absolute atomic E-state index is 10.7. The summed E-state index contributed by atoms with van der Waals surface area (Å²) in [4.78, 5) is 18.7. The molecular formula is C12H13N3O2. The van der Waals surface area contributed by atoms with Crippen molar-refractivity contribution in [2.24, 2.45) is 0 Å². The van der Waals surface area contributed by atoms with Gasteiger partial charge >= 0.3 is 5.97 Å². The molecule has 0 saturated carbocycles. The van der Waals surface area contributed by atoms with Crippen molar-refractivity contribution in [3.8, 4) is 0 Å². The molecule has 0 radical (unpaired) electrons. The van der Waals surface area contributed by atoms with Crippen molar-refractivity contribution in [2.45, 2.75) is 20.4 Å². The Morgan fingerprint density at radius 3 is 2.59 bits per heavy atom. The molecular weight excluding hydrogens is 218 g/mol. The number of imidazole rings is 1. The average Bonchev–Trinajstić information content (AvgIpc) is 2.62. The van der Waals surface area contributed by atoms with Gasteiger partial charge in [0.1, 0.15) is 5.69 Å². The van der Waals surface area contributed by atoms with E-state index >= 15 is 0 Å². The number of carbonyl (C=O) groups is 1. The van der Waals surface area contributed by atoms with Crippen molar-refractivity contribution in [2.75, 3.05) is 0 Å². The Kier molecular flexibility index (Phi) is 2.91. The van der Waals surface area contributed by atoms with Crippen LogP contribution in [-0.4, -0.2) is 25.6 Å². The number of aromatic carboxylic acids is 1. The predicted molar refractivity (Wildman–Crippen MR) is 62.0 cm³/mol. The van der Waals surface area contributed by atoms with Crippen LogP contribution in [0, 0.1) is 13.8 Å². The summed E-state index contributed by atoms with van der Waals surface area (Å²) in [7, 11) is 0. The minimum atomic E-state index is -1.01. The second-order valence-electron chi connectivity index (χ2n) is 3.90. The third-order valence-electron chi connectivity index (χ3n) is 2.74. The highest BCUT2D eigenvalue weighted by atomic mass is 16.4. The van der Waals surface area contributed by atoms with Crippen molar-refractivity contribution in [1.82, 2.24) is 14.5 Å². The first kappa shape index (κ1) is 11.3. The van der Waals surface area contributed by atoms with Gasteiger partial charge in [0.25, 0.3) is 0 Å². The molecule has 0 aliphatic carbocycles. The van der Waals surface area contributed by atoms with E-state index in [2.05, 4.69) is 9.97 Å². The number of carboxylic acid groups (broad SMARTS) is 1. The van der Waals surface area contributed by atoms with Crippen LogP contribution in [0.5, 0.6) is 0 Å². The molecule has 0 aliphatic heterocycles. The Bertz CT molecular complexity index is 543. The van der Waals surface area contributed by atoms with Crippen LogP contribution in [0.2, 0.25) is 0 Å². The molecule has 0 atom stereocenters. The quantitative estimate of drug-likeness (QED) is 0.871. The number of hydrogen-bond donors (Lipinski definition) is 1. The Hall–Kier alpha value is -2.17. The minimum Gasteiger partial charge on any atom is -0.477 e. The highest BCUT2D eigenvalue weighted by Crippen LogP contribution is 2.08. The van der Waals surface area contributed by atoms with Gasteiger partial charge in [-0.1, -0.05) is 6.07 Å². The van der Waals surface area contributed by atoms with Gasteiger partial charge in [-0.2, -0.15) is 0 Å². The molecule has 5 heteroatoms. The van der Waals surface area contributed by atoms with Crippen LogP contribution in [0.25, 0.3) is 0 Å². The van der Waals surface area contributed by atoms with Gasteiger partial charge in [0.15, 0.2) is 0 Å². The van der Waals surface area contributed by atoms with E-state index < -0.39 is 5.97 Å². The highest BCUT2D eigenvalue weighted by Gasteiger charge is 2.05. The monoisotopic (exact) mass is 231 g/mol. The molecule has 0 spiro atoms. The highest BCUT2D eigenvalue weighted by molar-refractivity contribution is 5.85. The maximum Gasteiger partial charge on any atom is 0.354 e. The van der Waals surface area contributed by atoms with Crippen LogP contribution in [-0.2, 0) is 6.54 Å². The number of aryl methyl sites for hydroxylation is 1. The summed E-state index contributed by atoms with van der Waals surface area (Å²) >= 11 is 0. The maximum atomic E-state index is 10.7. The first-order valence-corrected chi connectivity index (χ1v) is 5.24. The summed E-state index contributed by atoms with van der Waals surface area (Å²) in [5.74, 6) is -1.01. The van der Waals surface area contributed by atoms with Gasteiger partial charge < -0.3 is 9.67 Å². The van der Waals surface area contributed by atoms with Crippen LogP contribution in [0.1, 0.15) is 27.4 Å². The van der Waals surface area contributed by atoms with E-state index in [1.165, 1.54) is 6.07 Å². The Morgan fingerprint density at radius 2 is 2.12 bits per heavy atom. The first-order chi connectivity index (χ1) is 8.08. The second kappa shape index (κ2) is 4.37. The lowest BCUT2D eigenvalue weighted by molar-refractivity contribution is 0.0690. The van der Waals surface area contributed by atoms with Crippen molar-refractivity contribution < 1.29 is 9.90 Å². The van der Waals surface area contributed by atoms with Crippen LogP contribution in [0.15, 0.2) is 24.7 Å². The van der Waals surface area contributed by atoms with Crippen molar-refractivity contribution >= 4 is 5.97 Å². The predicted octanol–water partition coefficient (Wildman–Crippen LogP) is 1.64. The Morgan fingerprint density at radius 1 is 1.35 bits per heavy atom. The van der Waals surface area contributed by atoms with E-state index in [4.69, 9.17) is 5.11 Å². The average molecular weight is 231 g/mol.